The van der Waals surface area contributed by atoms with Crippen molar-refractivity contribution in [3.05, 3.63) is 75.9 Å². The molecule has 8 nitrogen and oxygen atoms in total. The largest absolute Gasteiger partial charge is 0.391 e. The number of hydrogen-bond acceptors (Lipinski definition) is 6. The first-order valence-corrected chi connectivity index (χ1v) is 14.2. The number of carbonyl (C=O) groups excluding carboxylic acids is 3. The number of hydrogen-bond donors (Lipinski definition) is 2. The molecule has 5 rings (SSSR count). The lowest BCUT2D eigenvalue weighted by Crippen LogP contribution is -2.55. The van der Waals surface area contributed by atoms with Crippen molar-refractivity contribution in [2.45, 2.75) is 65.4 Å². The SMILES string of the molecule is Cc1cc(-c2scnc2C)ccc1CNC(=O)[C@@H]1CC(O)CN1C(=O)C(C(C)C)N1Cc2ccccc2C1=O. The summed E-state index contributed by atoms with van der Waals surface area (Å²) >= 11 is 1.60. The van der Waals surface area contributed by atoms with Gasteiger partial charge in [-0.3, -0.25) is 14.4 Å². The fraction of sp³-hybridized carbons (Fsp3) is 0.400. The highest BCUT2D eigenvalue weighted by Gasteiger charge is 2.45. The lowest BCUT2D eigenvalue weighted by atomic mass is 10.00. The maximum Gasteiger partial charge on any atom is 0.255 e. The second-order valence-electron chi connectivity index (χ2n) is 10.8. The summed E-state index contributed by atoms with van der Waals surface area (Å²) in [4.78, 5) is 48.9. The summed E-state index contributed by atoms with van der Waals surface area (Å²) in [5.74, 6) is -0.949. The van der Waals surface area contributed by atoms with Crippen molar-refractivity contribution in [3.8, 4) is 10.4 Å². The third-order valence-electron chi connectivity index (χ3n) is 7.74. The van der Waals surface area contributed by atoms with Gasteiger partial charge in [0.05, 0.1) is 22.2 Å². The number of benzene rings is 2. The number of β-amino-alcohol motifs (C(OH)–C–C–N with tert-alkyl or cyclic N) is 1. The molecular formula is C30H34N4O4S. The van der Waals surface area contributed by atoms with E-state index in [9.17, 15) is 19.5 Å². The molecular weight excluding hydrogens is 512 g/mol. The van der Waals surface area contributed by atoms with Gasteiger partial charge in [-0.2, -0.15) is 0 Å². The number of nitrogens with zero attached hydrogens (tertiary/aromatic N) is 3. The highest BCUT2D eigenvalue weighted by Crippen LogP contribution is 2.31. The van der Waals surface area contributed by atoms with E-state index in [2.05, 4.69) is 16.4 Å². The number of nitrogens with one attached hydrogen (secondary N) is 1. The maximum atomic E-state index is 13.9. The first-order valence-electron chi connectivity index (χ1n) is 13.3. The van der Waals surface area contributed by atoms with Gasteiger partial charge in [0.2, 0.25) is 11.8 Å². The van der Waals surface area contributed by atoms with Gasteiger partial charge >= 0.3 is 0 Å². The van der Waals surface area contributed by atoms with Gasteiger partial charge in [-0.1, -0.05) is 50.2 Å². The molecule has 1 aromatic heterocycles. The van der Waals surface area contributed by atoms with E-state index in [4.69, 9.17) is 0 Å². The van der Waals surface area contributed by atoms with Gasteiger partial charge in [0.25, 0.3) is 5.91 Å². The topological polar surface area (TPSA) is 103 Å². The predicted octanol–water partition coefficient (Wildman–Crippen LogP) is 3.69. The molecule has 2 aliphatic heterocycles. The first-order chi connectivity index (χ1) is 18.7. The summed E-state index contributed by atoms with van der Waals surface area (Å²) in [6.45, 7) is 8.54. The summed E-state index contributed by atoms with van der Waals surface area (Å²) in [6.07, 6.45) is -0.633. The standard InChI is InChI=1S/C30H34N4O4S/c1-17(2)26(34-14-22-7-5-6-8-24(22)29(34)37)30(38)33-15-23(35)12-25(33)28(36)31-13-21-10-9-20(11-18(21)3)27-19(4)32-16-39-27/h5-11,16-17,23,25-26,35H,12-15H2,1-4H3,(H,31,36)/t23?,25-,26?/m0/s1. The van der Waals surface area contributed by atoms with Crippen molar-refractivity contribution >= 4 is 29.1 Å². The van der Waals surface area contributed by atoms with Crippen LogP contribution in [0.5, 0.6) is 0 Å². The van der Waals surface area contributed by atoms with Crippen molar-refractivity contribution in [1.29, 1.82) is 0 Å². The number of aromatic nitrogens is 1. The van der Waals surface area contributed by atoms with E-state index >= 15 is 0 Å². The van der Waals surface area contributed by atoms with Crippen LogP contribution in [0.1, 0.15) is 53.0 Å². The zero-order chi connectivity index (χ0) is 27.8. The summed E-state index contributed by atoms with van der Waals surface area (Å²) in [5.41, 5.74) is 7.45. The molecule has 0 bridgehead atoms. The van der Waals surface area contributed by atoms with Gasteiger partial charge in [0, 0.05) is 31.6 Å². The fourth-order valence-corrected chi connectivity index (χ4v) is 6.47. The van der Waals surface area contributed by atoms with E-state index in [1.807, 2.05) is 63.5 Å². The molecule has 204 valence electrons. The third-order valence-corrected chi connectivity index (χ3v) is 8.72. The van der Waals surface area contributed by atoms with Gasteiger partial charge in [-0.25, -0.2) is 4.98 Å². The number of fused-ring (bicyclic) bond motifs is 1. The smallest absolute Gasteiger partial charge is 0.255 e. The number of aliphatic hydroxyl groups is 1. The van der Waals surface area contributed by atoms with Crippen LogP contribution in [0.2, 0.25) is 0 Å². The van der Waals surface area contributed by atoms with Crippen LogP contribution < -0.4 is 5.32 Å². The summed E-state index contributed by atoms with van der Waals surface area (Å²) in [6, 6.07) is 12.0. The van der Waals surface area contributed by atoms with Gasteiger partial charge in [0.15, 0.2) is 0 Å². The van der Waals surface area contributed by atoms with Gasteiger partial charge in [-0.15, -0.1) is 11.3 Å². The molecule has 2 N–H and O–H groups in total. The Labute approximate surface area is 232 Å². The Morgan fingerprint density at radius 3 is 2.62 bits per heavy atom. The van der Waals surface area contributed by atoms with Crippen LogP contribution in [-0.2, 0) is 22.7 Å². The van der Waals surface area contributed by atoms with Crippen molar-refractivity contribution in [2.75, 3.05) is 6.54 Å². The lowest BCUT2D eigenvalue weighted by Gasteiger charge is -2.35. The number of likely N-dealkylation sites (tertiary alicyclic amines) is 1. The highest BCUT2D eigenvalue weighted by atomic mass is 32.1. The molecule has 0 radical (unpaired) electrons. The molecule has 2 unspecified atom stereocenters. The van der Waals surface area contributed by atoms with Crippen LogP contribution in [0, 0.1) is 19.8 Å². The molecule has 3 aromatic rings. The second kappa shape index (κ2) is 10.9. The normalized spacial score (nSPS) is 19.5. The minimum atomic E-state index is -0.798. The van der Waals surface area contributed by atoms with E-state index in [0.717, 1.165) is 32.8 Å². The molecule has 1 saturated heterocycles. The van der Waals surface area contributed by atoms with E-state index in [1.165, 1.54) is 4.90 Å². The minimum absolute atomic E-state index is 0.0665. The van der Waals surface area contributed by atoms with E-state index < -0.39 is 18.2 Å². The third kappa shape index (κ3) is 5.21. The van der Waals surface area contributed by atoms with Crippen LogP contribution >= 0.6 is 11.3 Å². The lowest BCUT2D eigenvalue weighted by molar-refractivity contribution is -0.143. The first kappa shape index (κ1) is 27.0. The van der Waals surface area contributed by atoms with Crippen LogP contribution in [0.4, 0.5) is 0 Å². The molecule has 0 saturated carbocycles. The molecule has 2 aromatic carbocycles. The molecule has 0 spiro atoms. The van der Waals surface area contributed by atoms with Crippen LogP contribution in [-0.4, -0.2) is 62.3 Å². The zero-order valence-electron chi connectivity index (χ0n) is 22.7. The van der Waals surface area contributed by atoms with Gasteiger partial charge in [0.1, 0.15) is 12.1 Å². The summed E-state index contributed by atoms with van der Waals surface area (Å²) in [5, 5.41) is 13.4. The molecule has 0 aliphatic carbocycles. The van der Waals surface area contributed by atoms with E-state index in [0.29, 0.717) is 18.7 Å². The fourth-order valence-electron chi connectivity index (χ4n) is 5.67. The summed E-state index contributed by atoms with van der Waals surface area (Å²) in [7, 11) is 0. The molecule has 2 aliphatic rings. The Kier molecular flexibility index (Phi) is 7.55. The van der Waals surface area contributed by atoms with Crippen molar-refractivity contribution in [3.63, 3.8) is 0 Å². The van der Waals surface area contributed by atoms with E-state index in [-0.39, 0.29) is 36.6 Å². The number of thiazole rings is 1. The highest BCUT2D eigenvalue weighted by molar-refractivity contribution is 7.13. The van der Waals surface area contributed by atoms with E-state index in [1.54, 1.807) is 22.3 Å². The number of aryl methyl sites for hydroxylation is 2. The number of carbonyl (C=O) groups is 3. The second-order valence-corrected chi connectivity index (χ2v) is 11.7. The minimum Gasteiger partial charge on any atom is -0.391 e. The Morgan fingerprint density at radius 1 is 1.18 bits per heavy atom. The molecule has 39 heavy (non-hydrogen) atoms. The Balaban J connectivity index is 1.29. The maximum absolute atomic E-state index is 13.9. The van der Waals surface area contributed by atoms with Gasteiger partial charge in [-0.05, 0) is 48.1 Å². The molecule has 1 fully saturated rings. The predicted molar refractivity (Wildman–Crippen MR) is 150 cm³/mol. The molecule has 3 atom stereocenters. The average Bonchev–Trinajstić information content (AvgIpc) is 3.60. The van der Waals surface area contributed by atoms with Crippen molar-refractivity contribution in [2.24, 2.45) is 5.92 Å². The van der Waals surface area contributed by atoms with Crippen molar-refractivity contribution in [1.82, 2.24) is 20.1 Å². The number of amides is 3. The Hall–Kier alpha value is -3.56. The molecule has 3 amide bonds. The van der Waals surface area contributed by atoms with Gasteiger partial charge < -0.3 is 20.2 Å². The Morgan fingerprint density at radius 2 is 1.95 bits per heavy atom. The van der Waals surface area contributed by atoms with Crippen LogP contribution in [0.25, 0.3) is 10.4 Å². The van der Waals surface area contributed by atoms with Crippen LogP contribution in [0.15, 0.2) is 48.0 Å². The molecule has 9 heteroatoms. The van der Waals surface area contributed by atoms with Crippen molar-refractivity contribution < 1.29 is 19.5 Å². The quantitative estimate of drug-likeness (QED) is 0.471. The number of rotatable bonds is 7. The monoisotopic (exact) mass is 546 g/mol. The molecule has 3 heterocycles. The number of aliphatic hydroxyl groups excluding tert-OH is 1. The summed E-state index contributed by atoms with van der Waals surface area (Å²) < 4.78 is 0. The zero-order valence-corrected chi connectivity index (χ0v) is 23.5. The average molecular weight is 547 g/mol. The van der Waals surface area contributed by atoms with Crippen LogP contribution in [0.3, 0.4) is 0 Å². The Bertz CT molecular complexity index is 1420.